The van der Waals surface area contributed by atoms with Gasteiger partial charge >= 0.3 is 0 Å². The zero-order valence-electron chi connectivity index (χ0n) is 12.2. The highest BCUT2D eigenvalue weighted by Crippen LogP contribution is 2.25. The van der Waals surface area contributed by atoms with Crippen LogP contribution in [0.4, 0.5) is 0 Å². The van der Waals surface area contributed by atoms with Gasteiger partial charge in [-0.3, -0.25) is 4.79 Å². The summed E-state index contributed by atoms with van der Waals surface area (Å²) in [4.78, 5) is 11.8. The van der Waals surface area contributed by atoms with E-state index in [1.807, 2.05) is 19.9 Å². The summed E-state index contributed by atoms with van der Waals surface area (Å²) in [6, 6.07) is 6.27. The summed E-state index contributed by atoms with van der Waals surface area (Å²) in [5, 5.41) is 2.85. The van der Waals surface area contributed by atoms with Crippen LogP contribution in [0.15, 0.2) is 18.2 Å². The van der Waals surface area contributed by atoms with Crippen molar-refractivity contribution >= 4 is 17.5 Å². The molecule has 2 rings (SSSR count). The van der Waals surface area contributed by atoms with Gasteiger partial charge in [-0.2, -0.15) is 0 Å². The van der Waals surface area contributed by atoms with E-state index in [4.69, 9.17) is 16.3 Å². The maximum atomic E-state index is 11.8. The summed E-state index contributed by atoms with van der Waals surface area (Å²) in [7, 11) is 0. The Morgan fingerprint density at radius 1 is 1.35 bits per heavy atom. The van der Waals surface area contributed by atoms with E-state index in [1.54, 1.807) is 0 Å². The number of hydrogen-bond donors (Lipinski definition) is 1. The van der Waals surface area contributed by atoms with E-state index in [2.05, 4.69) is 17.4 Å². The first-order valence-electron chi connectivity index (χ1n) is 7.12. The number of benzene rings is 1. The van der Waals surface area contributed by atoms with Gasteiger partial charge in [0.2, 0.25) is 5.91 Å². The summed E-state index contributed by atoms with van der Waals surface area (Å²) in [5.41, 5.74) is 2.30. The molecule has 0 heterocycles. The van der Waals surface area contributed by atoms with Crippen LogP contribution in [-0.2, 0) is 17.6 Å². The minimum atomic E-state index is -0.533. The highest BCUT2D eigenvalue weighted by atomic mass is 35.5. The number of amides is 1. The third-order valence-corrected chi connectivity index (χ3v) is 4.34. The largest absolute Gasteiger partial charge is 0.492 e. The van der Waals surface area contributed by atoms with Crippen molar-refractivity contribution in [2.45, 2.75) is 33.1 Å². The second-order valence-corrected chi connectivity index (χ2v) is 6.17. The van der Waals surface area contributed by atoms with E-state index < -0.39 is 5.41 Å². The Kier molecular flexibility index (Phi) is 4.92. The lowest BCUT2D eigenvalue weighted by atomic mass is 9.95. The number of carbonyl (C=O) groups is 1. The quantitative estimate of drug-likeness (QED) is 0.647. The molecule has 0 saturated carbocycles. The lowest BCUT2D eigenvalue weighted by Gasteiger charge is -2.20. The van der Waals surface area contributed by atoms with Gasteiger partial charge in [-0.05, 0) is 56.4 Å². The van der Waals surface area contributed by atoms with E-state index in [0.29, 0.717) is 19.0 Å². The topological polar surface area (TPSA) is 38.3 Å². The minimum absolute atomic E-state index is 0.0370. The molecule has 1 aromatic rings. The normalized spacial score (nSPS) is 13.9. The molecule has 0 spiro atoms. The van der Waals surface area contributed by atoms with Gasteiger partial charge in [-0.15, -0.1) is 11.6 Å². The van der Waals surface area contributed by atoms with E-state index in [-0.39, 0.29) is 5.91 Å². The zero-order valence-corrected chi connectivity index (χ0v) is 12.9. The van der Waals surface area contributed by atoms with Crippen molar-refractivity contribution in [3.05, 3.63) is 29.3 Å². The van der Waals surface area contributed by atoms with Gasteiger partial charge < -0.3 is 10.1 Å². The van der Waals surface area contributed by atoms with Crippen LogP contribution in [0.1, 0.15) is 31.4 Å². The maximum Gasteiger partial charge on any atom is 0.226 e. The third kappa shape index (κ3) is 3.66. The smallest absolute Gasteiger partial charge is 0.226 e. The molecular formula is C16H22ClNO2. The third-order valence-electron chi connectivity index (χ3n) is 3.68. The highest BCUT2D eigenvalue weighted by molar-refractivity contribution is 6.19. The van der Waals surface area contributed by atoms with E-state index >= 15 is 0 Å². The van der Waals surface area contributed by atoms with Crippen LogP contribution < -0.4 is 10.1 Å². The number of nitrogens with one attached hydrogen (secondary N) is 1. The van der Waals surface area contributed by atoms with E-state index in [0.717, 1.165) is 12.2 Å². The number of carbonyl (C=O) groups excluding carboxylic acids is 1. The maximum absolute atomic E-state index is 11.8. The molecule has 1 amide bonds. The molecule has 0 saturated heterocycles. The highest BCUT2D eigenvalue weighted by Gasteiger charge is 2.25. The van der Waals surface area contributed by atoms with Gasteiger partial charge in [0.1, 0.15) is 12.4 Å². The first kappa shape index (κ1) is 15.2. The number of hydrogen-bond acceptors (Lipinski definition) is 2. The number of rotatable bonds is 6. The molecule has 0 radical (unpaired) electrons. The van der Waals surface area contributed by atoms with Crippen LogP contribution in [-0.4, -0.2) is 24.9 Å². The molecule has 1 aliphatic rings. The molecule has 0 atom stereocenters. The van der Waals surface area contributed by atoms with Gasteiger partial charge in [-0.1, -0.05) is 6.07 Å². The van der Waals surface area contributed by atoms with Crippen LogP contribution >= 0.6 is 11.6 Å². The Labute approximate surface area is 125 Å². The molecule has 1 aliphatic carbocycles. The van der Waals surface area contributed by atoms with Crippen molar-refractivity contribution in [2.24, 2.45) is 5.41 Å². The Bertz CT molecular complexity index is 485. The van der Waals surface area contributed by atoms with Crippen LogP contribution in [0.5, 0.6) is 5.75 Å². The van der Waals surface area contributed by atoms with Crippen molar-refractivity contribution in [3.63, 3.8) is 0 Å². The molecule has 3 nitrogen and oxygen atoms in total. The van der Waals surface area contributed by atoms with Gasteiger partial charge in [0.15, 0.2) is 0 Å². The molecule has 1 N–H and O–H groups in total. The number of aryl methyl sites for hydroxylation is 2. The molecule has 20 heavy (non-hydrogen) atoms. The molecule has 110 valence electrons. The number of fused-ring (bicyclic) bond motifs is 1. The fourth-order valence-electron chi connectivity index (χ4n) is 2.27. The van der Waals surface area contributed by atoms with Crippen molar-refractivity contribution < 1.29 is 9.53 Å². The van der Waals surface area contributed by atoms with Crippen LogP contribution in [0.3, 0.4) is 0 Å². The van der Waals surface area contributed by atoms with Crippen LogP contribution in [0.2, 0.25) is 0 Å². The SMILES string of the molecule is CC(C)(CCl)C(=O)NCCOc1ccc2c(c1)CCC2. The second kappa shape index (κ2) is 6.49. The average molecular weight is 296 g/mol. The zero-order chi connectivity index (χ0) is 14.6. The molecule has 0 aromatic heterocycles. The Balaban J connectivity index is 1.75. The fourth-order valence-corrected chi connectivity index (χ4v) is 2.39. The van der Waals surface area contributed by atoms with Gasteiger partial charge in [0.25, 0.3) is 0 Å². The van der Waals surface area contributed by atoms with E-state index in [1.165, 1.54) is 24.0 Å². The number of halogens is 1. The first-order valence-corrected chi connectivity index (χ1v) is 7.65. The second-order valence-electron chi connectivity index (χ2n) is 5.91. The first-order chi connectivity index (χ1) is 9.53. The summed E-state index contributed by atoms with van der Waals surface area (Å²) >= 11 is 5.76. The summed E-state index contributed by atoms with van der Waals surface area (Å²) < 4.78 is 5.68. The monoisotopic (exact) mass is 295 g/mol. The predicted octanol–water partition coefficient (Wildman–Crippen LogP) is 2.94. The predicted molar refractivity (Wildman–Crippen MR) is 81.5 cm³/mol. The van der Waals surface area contributed by atoms with Gasteiger partial charge in [0.05, 0.1) is 12.0 Å². The van der Waals surface area contributed by atoms with Gasteiger partial charge in [-0.25, -0.2) is 0 Å². The molecule has 0 aliphatic heterocycles. The Morgan fingerprint density at radius 2 is 2.10 bits per heavy atom. The van der Waals surface area contributed by atoms with Crippen molar-refractivity contribution in [1.82, 2.24) is 5.32 Å². The van der Waals surface area contributed by atoms with Crippen LogP contribution in [0.25, 0.3) is 0 Å². The lowest BCUT2D eigenvalue weighted by molar-refractivity contribution is -0.128. The molecular weight excluding hydrogens is 274 g/mol. The van der Waals surface area contributed by atoms with Crippen molar-refractivity contribution in [1.29, 1.82) is 0 Å². The molecule has 0 unspecified atom stereocenters. The summed E-state index contributed by atoms with van der Waals surface area (Å²) in [6.07, 6.45) is 3.56. The summed E-state index contributed by atoms with van der Waals surface area (Å²) in [6.45, 7) is 4.63. The van der Waals surface area contributed by atoms with Gasteiger partial charge in [0, 0.05) is 5.88 Å². The van der Waals surface area contributed by atoms with Crippen molar-refractivity contribution in [3.8, 4) is 5.75 Å². The Hall–Kier alpha value is -1.22. The summed E-state index contributed by atoms with van der Waals surface area (Å²) in [5.74, 6) is 1.16. The molecule has 1 aromatic carbocycles. The van der Waals surface area contributed by atoms with E-state index in [9.17, 15) is 4.79 Å². The minimum Gasteiger partial charge on any atom is -0.492 e. The lowest BCUT2D eigenvalue weighted by Crippen LogP contribution is -2.39. The Morgan fingerprint density at radius 3 is 2.85 bits per heavy atom. The standard InChI is InChI=1S/C16H22ClNO2/c1-16(2,11-17)15(19)18-8-9-20-14-7-6-12-4-3-5-13(12)10-14/h6-7,10H,3-5,8-9,11H2,1-2H3,(H,18,19). The molecule has 4 heteroatoms. The molecule has 0 fully saturated rings. The number of ether oxygens (including phenoxy) is 1. The van der Waals surface area contributed by atoms with Crippen LogP contribution in [0, 0.1) is 5.41 Å². The van der Waals surface area contributed by atoms with Crippen molar-refractivity contribution in [2.75, 3.05) is 19.0 Å². The number of alkyl halides is 1. The average Bonchev–Trinajstić information content (AvgIpc) is 2.90. The fraction of sp³-hybridized carbons (Fsp3) is 0.562. The molecule has 0 bridgehead atoms.